The van der Waals surface area contributed by atoms with E-state index in [0.717, 1.165) is 11.1 Å². The van der Waals surface area contributed by atoms with Gasteiger partial charge in [0, 0.05) is 12.3 Å². The monoisotopic (exact) mass is 359 g/mol. The zero-order valence-electron chi connectivity index (χ0n) is 13.9. The van der Waals surface area contributed by atoms with Gasteiger partial charge < -0.3 is 0 Å². The molecule has 3 aromatic rings. The summed E-state index contributed by atoms with van der Waals surface area (Å²) in [7, 11) is -3.71. The van der Waals surface area contributed by atoms with Crippen LogP contribution in [0.4, 0.5) is 10.2 Å². The van der Waals surface area contributed by atoms with Crippen LogP contribution >= 0.6 is 0 Å². The molecule has 0 fully saturated rings. The average molecular weight is 359 g/mol. The molecule has 0 amide bonds. The molecule has 7 heteroatoms. The van der Waals surface area contributed by atoms with Gasteiger partial charge in [-0.25, -0.2) is 12.8 Å². The van der Waals surface area contributed by atoms with Gasteiger partial charge in [0.2, 0.25) is 0 Å². The standard InChI is InChI=1S/C18H18FN3O2S/c1-13-3-4-14(2)17(11-13)25(23,24)21-18-9-10-22(20-18)12-15-5-7-16(19)8-6-15/h3-11H,12H2,1-2H3,(H,20,21). The average Bonchev–Trinajstić information content (AvgIpc) is 2.98. The first-order valence-corrected chi connectivity index (χ1v) is 9.20. The van der Waals surface area contributed by atoms with Crippen LogP contribution in [-0.4, -0.2) is 18.2 Å². The van der Waals surface area contributed by atoms with E-state index >= 15 is 0 Å². The summed E-state index contributed by atoms with van der Waals surface area (Å²) in [5, 5.41) is 4.22. The van der Waals surface area contributed by atoms with Gasteiger partial charge in [-0.15, -0.1) is 0 Å². The third kappa shape index (κ3) is 4.06. The number of hydrogen-bond donors (Lipinski definition) is 1. The van der Waals surface area contributed by atoms with Crippen molar-refractivity contribution in [1.82, 2.24) is 9.78 Å². The van der Waals surface area contributed by atoms with Crippen LogP contribution in [0.1, 0.15) is 16.7 Å². The second kappa shape index (κ2) is 6.68. The molecular weight excluding hydrogens is 341 g/mol. The number of benzene rings is 2. The molecule has 0 bridgehead atoms. The number of aryl methyl sites for hydroxylation is 2. The fraction of sp³-hybridized carbons (Fsp3) is 0.167. The van der Waals surface area contributed by atoms with Crippen LogP contribution in [0, 0.1) is 19.7 Å². The molecule has 0 saturated carbocycles. The van der Waals surface area contributed by atoms with Crippen LogP contribution in [0.2, 0.25) is 0 Å². The third-order valence-corrected chi connectivity index (χ3v) is 5.27. The van der Waals surface area contributed by atoms with E-state index in [0.29, 0.717) is 12.1 Å². The topological polar surface area (TPSA) is 64.0 Å². The lowest BCUT2D eigenvalue weighted by Gasteiger charge is -2.09. The van der Waals surface area contributed by atoms with Crippen molar-refractivity contribution in [2.45, 2.75) is 25.3 Å². The normalized spacial score (nSPS) is 11.5. The molecule has 5 nitrogen and oxygen atoms in total. The first kappa shape index (κ1) is 17.2. The van der Waals surface area contributed by atoms with Crippen LogP contribution in [0.5, 0.6) is 0 Å². The van der Waals surface area contributed by atoms with E-state index in [4.69, 9.17) is 0 Å². The predicted octanol–water partition coefficient (Wildman–Crippen LogP) is 3.49. The van der Waals surface area contributed by atoms with Crippen LogP contribution < -0.4 is 4.72 Å². The summed E-state index contributed by atoms with van der Waals surface area (Å²) in [5.41, 5.74) is 2.41. The van der Waals surface area contributed by atoms with Gasteiger partial charge in [-0.2, -0.15) is 5.10 Å². The Morgan fingerprint density at radius 3 is 2.52 bits per heavy atom. The highest BCUT2D eigenvalue weighted by molar-refractivity contribution is 7.92. The number of nitrogens with zero attached hydrogens (tertiary/aromatic N) is 2. The van der Waals surface area contributed by atoms with Gasteiger partial charge in [-0.3, -0.25) is 9.40 Å². The van der Waals surface area contributed by atoms with Crippen molar-refractivity contribution >= 4 is 15.8 Å². The highest BCUT2D eigenvalue weighted by Gasteiger charge is 2.18. The quantitative estimate of drug-likeness (QED) is 0.758. The van der Waals surface area contributed by atoms with Crippen LogP contribution in [0.3, 0.4) is 0 Å². The zero-order chi connectivity index (χ0) is 18.0. The number of rotatable bonds is 5. The Balaban J connectivity index is 1.78. The minimum absolute atomic E-state index is 0.237. The number of halogens is 1. The number of anilines is 1. The maximum atomic E-state index is 12.9. The van der Waals surface area contributed by atoms with Crippen molar-refractivity contribution in [2.24, 2.45) is 0 Å². The molecule has 25 heavy (non-hydrogen) atoms. The summed E-state index contributed by atoms with van der Waals surface area (Å²) in [5.74, 6) is -0.0609. The summed E-state index contributed by atoms with van der Waals surface area (Å²) >= 11 is 0. The van der Waals surface area contributed by atoms with E-state index < -0.39 is 10.0 Å². The predicted molar refractivity (Wildman–Crippen MR) is 94.5 cm³/mol. The molecule has 0 saturated heterocycles. The molecule has 3 rings (SSSR count). The van der Waals surface area contributed by atoms with E-state index in [-0.39, 0.29) is 16.5 Å². The molecule has 0 aliphatic rings. The summed E-state index contributed by atoms with van der Waals surface area (Å²) < 4.78 is 42.2. The van der Waals surface area contributed by atoms with Crippen molar-refractivity contribution in [1.29, 1.82) is 0 Å². The lowest BCUT2D eigenvalue weighted by atomic mass is 10.2. The van der Waals surface area contributed by atoms with Crippen molar-refractivity contribution in [3.05, 3.63) is 77.2 Å². The fourth-order valence-corrected chi connectivity index (χ4v) is 3.80. The van der Waals surface area contributed by atoms with Gasteiger partial charge in [0.25, 0.3) is 10.0 Å². The summed E-state index contributed by atoms with van der Waals surface area (Å²) in [6.07, 6.45) is 1.67. The highest BCUT2D eigenvalue weighted by atomic mass is 32.2. The van der Waals surface area contributed by atoms with Gasteiger partial charge in [0.05, 0.1) is 11.4 Å². The Bertz CT molecular complexity index is 995. The number of hydrogen-bond acceptors (Lipinski definition) is 3. The molecule has 0 atom stereocenters. The fourth-order valence-electron chi connectivity index (χ4n) is 2.47. The van der Waals surface area contributed by atoms with E-state index in [1.165, 1.54) is 12.1 Å². The van der Waals surface area contributed by atoms with Gasteiger partial charge in [0.15, 0.2) is 5.82 Å². The Labute approximate surface area is 146 Å². The van der Waals surface area contributed by atoms with Gasteiger partial charge in [-0.1, -0.05) is 24.3 Å². The molecule has 1 N–H and O–H groups in total. The second-order valence-electron chi connectivity index (χ2n) is 5.90. The molecule has 2 aromatic carbocycles. The maximum Gasteiger partial charge on any atom is 0.263 e. The molecular formula is C18H18FN3O2S. The smallest absolute Gasteiger partial charge is 0.263 e. The Morgan fingerprint density at radius 2 is 1.80 bits per heavy atom. The molecule has 0 unspecified atom stereocenters. The minimum atomic E-state index is -3.71. The lowest BCUT2D eigenvalue weighted by molar-refractivity contribution is 0.600. The maximum absolute atomic E-state index is 12.9. The van der Waals surface area contributed by atoms with E-state index in [2.05, 4.69) is 9.82 Å². The van der Waals surface area contributed by atoms with Crippen LogP contribution in [0.15, 0.2) is 59.6 Å². The SMILES string of the molecule is Cc1ccc(C)c(S(=O)(=O)Nc2ccn(Cc3ccc(F)cc3)n2)c1. The van der Waals surface area contributed by atoms with Crippen LogP contribution in [0.25, 0.3) is 0 Å². The van der Waals surface area contributed by atoms with E-state index in [1.807, 2.05) is 13.0 Å². The largest absolute Gasteiger partial charge is 0.266 e. The van der Waals surface area contributed by atoms with Crippen molar-refractivity contribution < 1.29 is 12.8 Å². The van der Waals surface area contributed by atoms with Crippen molar-refractivity contribution in [2.75, 3.05) is 4.72 Å². The molecule has 0 aliphatic carbocycles. The first-order chi connectivity index (χ1) is 11.8. The zero-order valence-corrected chi connectivity index (χ0v) is 14.7. The van der Waals surface area contributed by atoms with Gasteiger partial charge >= 0.3 is 0 Å². The third-order valence-electron chi connectivity index (χ3n) is 3.77. The summed E-state index contributed by atoms with van der Waals surface area (Å²) in [6.45, 7) is 4.02. The van der Waals surface area contributed by atoms with Crippen molar-refractivity contribution in [3.63, 3.8) is 0 Å². The van der Waals surface area contributed by atoms with E-state index in [9.17, 15) is 12.8 Å². The van der Waals surface area contributed by atoms with E-state index in [1.54, 1.807) is 48.1 Å². The molecule has 0 spiro atoms. The van der Waals surface area contributed by atoms with Crippen molar-refractivity contribution in [3.8, 4) is 0 Å². The lowest BCUT2D eigenvalue weighted by Crippen LogP contribution is -2.15. The molecule has 0 aliphatic heterocycles. The molecule has 0 radical (unpaired) electrons. The van der Waals surface area contributed by atoms with Gasteiger partial charge in [0.1, 0.15) is 5.82 Å². The highest BCUT2D eigenvalue weighted by Crippen LogP contribution is 2.20. The Hall–Kier alpha value is -2.67. The Morgan fingerprint density at radius 1 is 1.08 bits per heavy atom. The molecule has 1 aromatic heterocycles. The van der Waals surface area contributed by atoms with Crippen LogP contribution in [-0.2, 0) is 16.6 Å². The number of sulfonamides is 1. The number of aromatic nitrogens is 2. The summed E-state index contributed by atoms with van der Waals surface area (Å²) in [4.78, 5) is 0.237. The minimum Gasteiger partial charge on any atom is -0.266 e. The number of nitrogens with one attached hydrogen (secondary N) is 1. The molecule has 130 valence electrons. The summed E-state index contributed by atoms with van der Waals surface area (Å²) in [6, 6.07) is 12.9. The van der Waals surface area contributed by atoms with Gasteiger partial charge in [-0.05, 0) is 48.7 Å². The Kier molecular flexibility index (Phi) is 4.59. The first-order valence-electron chi connectivity index (χ1n) is 7.71. The molecule has 1 heterocycles. The second-order valence-corrected chi connectivity index (χ2v) is 7.55.